The molecule has 0 aliphatic rings. The van der Waals surface area contributed by atoms with Gasteiger partial charge in [0, 0.05) is 0 Å². The van der Waals surface area contributed by atoms with Crippen LogP contribution in [-0.4, -0.2) is 11.0 Å². The molecule has 1 radical (unpaired) electrons. The van der Waals surface area contributed by atoms with E-state index in [4.69, 9.17) is 0 Å². The number of nitrogens with two attached hydrogens (primary N) is 1. The molecule has 5 heteroatoms. The SMILES string of the molecule is [CH2]N(N=O)C(N)=O. The van der Waals surface area contributed by atoms with Gasteiger partial charge in [-0.1, -0.05) is 0 Å². The summed E-state index contributed by atoms with van der Waals surface area (Å²) < 4.78 is 0. The molecular formula is C2H4N3O2. The van der Waals surface area contributed by atoms with Crippen molar-refractivity contribution < 1.29 is 4.79 Å². The molecule has 0 aromatic heterocycles. The van der Waals surface area contributed by atoms with Crippen LogP contribution in [0.5, 0.6) is 0 Å². The van der Waals surface area contributed by atoms with E-state index in [9.17, 15) is 9.70 Å². The molecule has 0 aliphatic carbocycles. The molecule has 0 rings (SSSR count). The van der Waals surface area contributed by atoms with E-state index in [1.165, 1.54) is 0 Å². The minimum absolute atomic E-state index is 0.250. The lowest BCUT2D eigenvalue weighted by atomic mass is 11.0. The minimum atomic E-state index is -0.963. The molecule has 0 saturated heterocycles. The van der Waals surface area contributed by atoms with E-state index in [0.29, 0.717) is 0 Å². The Kier molecular flexibility index (Phi) is 1.78. The number of nitroso groups, excluding NO2 is 1. The van der Waals surface area contributed by atoms with Gasteiger partial charge < -0.3 is 5.73 Å². The number of carbonyl (C=O) groups excluding carboxylic acids is 1. The summed E-state index contributed by atoms with van der Waals surface area (Å²) in [7, 11) is 2.84. The lowest BCUT2D eigenvalue weighted by Crippen LogP contribution is -2.24. The Morgan fingerprint density at radius 1 is 1.86 bits per heavy atom. The summed E-state index contributed by atoms with van der Waals surface area (Å²) in [5, 5.41) is 2.34. The Bertz CT molecular complexity index is 90.9. The maximum absolute atomic E-state index is 9.72. The highest BCUT2D eigenvalue weighted by Crippen LogP contribution is 1.79. The van der Waals surface area contributed by atoms with Gasteiger partial charge in [0.05, 0.1) is 12.3 Å². The fourth-order valence-electron chi connectivity index (χ4n) is 0.0402. The molecule has 2 N–H and O–H groups in total. The van der Waals surface area contributed by atoms with Crippen molar-refractivity contribution >= 4 is 6.03 Å². The molecule has 0 saturated carbocycles. The van der Waals surface area contributed by atoms with Gasteiger partial charge in [-0.3, -0.25) is 0 Å². The molecule has 0 unspecified atom stereocenters. The first-order chi connectivity index (χ1) is 3.18. The van der Waals surface area contributed by atoms with Gasteiger partial charge in [-0.15, -0.1) is 4.91 Å². The molecule has 0 atom stereocenters. The summed E-state index contributed by atoms with van der Waals surface area (Å²) in [5.74, 6) is 0. The molecule has 0 spiro atoms. The summed E-state index contributed by atoms with van der Waals surface area (Å²) in [6.45, 7) is 0. The first-order valence-corrected chi connectivity index (χ1v) is 1.42. The van der Waals surface area contributed by atoms with Crippen molar-refractivity contribution in [2.45, 2.75) is 0 Å². The van der Waals surface area contributed by atoms with Gasteiger partial charge in [0.1, 0.15) is 0 Å². The highest BCUT2D eigenvalue weighted by atomic mass is 16.3. The van der Waals surface area contributed by atoms with E-state index >= 15 is 0 Å². The number of primary amides is 1. The standard InChI is InChI=1S/C2H4N3O2/c1-5(4-7)2(3)6/h1H2,(H2,3,6). The Hall–Kier alpha value is -1.13. The van der Waals surface area contributed by atoms with Gasteiger partial charge in [-0.05, 0) is 0 Å². The van der Waals surface area contributed by atoms with E-state index in [-0.39, 0.29) is 5.01 Å². The number of urea groups is 1. The molecular weight excluding hydrogens is 98.0 g/mol. The topological polar surface area (TPSA) is 75.8 Å². The third-order valence-corrected chi connectivity index (χ3v) is 0.353. The zero-order valence-corrected chi connectivity index (χ0v) is 3.50. The zero-order chi connectivity index (χ0) is 5.86. The van der Waals surface area contributed by atoms with Crippen molar-refractivity contribution in [1.29, 1.82) is 0 Å². The lowest BCUT2D eigenvalue weighted by molar-refractivity contribution is 0.225. The summed E-state index contributed by atoms with van der Waals surface area (Å²) in [5.41, 5.74) is 4.48. The number of carbonyl (C=O) groups is 1. The van der Waals surface area contributed by atoms with Crippen LogP contribution in [0.25, 0.3) is 0 Å². The van der Waals surface area contributed by atoms with Gasteiger partial charge in [-0.2, -0.15) is 5.01 Å². The molecule has 0 bridgehead atoms. The van der Waals surface area contributed by atoms with Gasteiger partial charge in [0.2, 0.25) is 0 Å². The Morgan fingerprint density at radius 2 is 2.29 bits per heavy atom. The largest absolute Gasteiger partial charge is 0.350 e. The van der Waals surface area contributed by atoms with Gasteiger partial charge >= 0.3 is 6.03 Å². The molecule has 0 aliphatic heterocycles. The molecule has 0 aromatic carbocycles. The van der Waals surface area contributed by atoms with E-state index in [1.807, 2.05) is 0 Å². The average molecular weight is 102 g/mol. The summed E-state index contributed by atoms with van der Waals surface area (Å²) in [6, 6.07) is -0.963. The maximum atomic E-state index is 9.72. The Morgan fingerprint density at radius 3 is 2.29 bits per heavy atom. The highest BCUT2D eigenvalue weighted by molar-refractivity contribution is 5.71. The first-order valence-electron chi connectivity index (χ1n) is 1.42. The van der Waals surface area contributed by atoms with E-state index in [1.54, 1.807) is 0 Å². The Labute approximate surface area is 40.0 Å². The van der Waals surface area contributed by atoms with Crippen LogP contribution in [0.4, 0.5) is 4.79 Å². The van der Waals surface area contributed by atoms with Crippen LogP contribution in [0.3, 0.4) is 0 Å². The highest BCUT2D eigenvalue weighted by Gasteiger charge is 1.97. The van der Waals surface area contributed by atoms with Gasteiger partial charge in [0.25, 0.3) is 0 Å². The van der Waals surface area contributed by atoms with Crippen molar-refractivity contribution in [3.8, 4) is 0 Å². The van der Waals surface area contributed by atoms with Crippen molar-refractivity contribution in [1.82, 2.24) is 5.01 Å². The van der Waals surface area contributed by atoms with Crippen LogP contribution in [0.1, 0.15) is 0 Å². The predicted octanol–water partition coefficient (Wildman–Crippen LogP) is -0.160. The predicted molar refractivity (Wildman–Crippen MR) is 22.6 cm³/mol. The molecule has 0 heterocycles. The van der Waals surface area contributed by atoms with Gasteiger partial charge in [-0.25, -0.2) is 4.79 Å². The van der Waals surface area contributed by atoms with Crippen molar-refractivity contribution in [3.05, 3.63) is 12.0 Å². The number of nitrogens with zero attached hydrogens (tertiary/aromatic N) is 2. The summed E-state index contributed by atoms with van der Waals surface area (Å²) in [6.07, 6.45) is 0. The molecule has 0 aromatic rings. The quantitative estimate of drug-likeness (QED) is 0.369. The molecule has 7 heavy (non-hydrogen) atoms. The summed E-state index contributed by atoms with van der Waals surface area (Å²) in [4.78, 5) is 19.0. The zero-order valence-electron chi connectivity index (χ0n) is 3.50. The van der Waals surface area contributed by atoms with E-state index in [0.717, 1.165) is 0 Å². The van der Waals surface area contributed by atoms with Crippen LogP contribution in [0.15, 0.2) is 5.29 Å². The summed E-state index contributed by atoms with van der Waals surface area (Å²) >= 11 is 0. The molecule has 39 valence electrons. The van der Waals surface area contributed by atoms with Crippen molar-refractivity contribution in [2.75, 3.05) is 0 Å². The maximum Gasteiger partial charge on any atom is 0.337 e. The second kappa shape index (κ2) is 2.12. The number of rotatable bonds is 1. The lowest BCUT2D eigenvalue weighted by Gasteiger charge is -1.96. The van der Waals surface area contributed by atoms with Gasteiger partial charge in [0.15, 0.2) is 0 Å². The number of hydrogen-bond donors (Lipinski definition) is 1. The van der Waals surface area contributed by atoms with Crippen LogP contribution in [-0.2, 0) is 0 Å². The average Bonchev–Trinajstić information content (AvgIpc) is 1.65. The molecule has 5 nitrogen and oxygen atoms in total. The second-order valence-corrected chi connectivity index (χ2v) is 0.819. The third-order valence-electron chi connectivity index (χ3n) is 0.353. The Balaban J connectivity index is 3.55. The smallest absolute Gasteiger partial charge is 0.337 e. The second-order valence-electron chi connectivity index (χ2n) is 0.819. The van der Waals surface area contributed by atoms with Crippen molar-refractivity contribution in [3.63, 3.8) is 0 Å². The van der Waals surface area contributed by atoms with Crippen LogP contribution in [0, 0.1) is 12.0 Å². The van der Waals surface area contributed by atoms with Crippen LogP contribution < -0.4 is 5.73 Å². The minimum Gasteiger partial charge on any atom is -0.350 e. The van der Waals surface area contributed by atoms with Crippen molar-refractivity contribution in [2.24, 2.45) is 11.0 Å². The first kappa shape index (κ1) is 5.87. The molecule has 2 amide bonds. The fraction of sp³-hybridized carbons (Fsp3) is 0. The normalized spacial score (nSPS) is 7.57. The fourth-order valence-corrected chi connectivity index (χ4v) is 0.0402. The number of amides is 2. The molecule has 0 fully saturated rings. The van der Waals surface area contributed by atoms with E-state index < -0.39 is 6.03 Å². The van der Waals surface area contributed by atoms with E-state index in [2.05, 4.69) is 18.1 Å². The monoisotopic (exact) mass is 102 g/mol. The number of hydrogen-bond acceptors (Lipinski definition) is 3. The van der Waals surface area contributed by atoms with Crippen LogP contribution >= 0.6 is 0 Å². The van der Waals surface area contributed by atoms with Crippen LogP contribution in [0.2, 0.25) is 0 Å². The third kappa shape index (κ3) is 1.69.